The first-order valence-electron chi connectivity index (χ1n) is 5.67. The van der Waals surface area contributed by atoms with Gasteiger partial charge in [0.1, 0.15) is 10.7 Å². The van der Waals surface area contributed by atoms with Crippen molar-refractivity contribution in [1.29, 1.82) is 0 Å². The summed E-state index contributed by atoms with van der Waals surface area (Å²) in [6.45, 7) is -0.365. The molecular formula is C11H12FN3O4S. The maximum Gasteiger partial charge on any atom is 0.243 e. The second-order valence-electron chi connectivity index (χ2n) is 3.92. The Morgan fingerprint density at radius 3 is 2.85 bits per heavy atom. The summed E-state index contributed by atoms with van der Waals surface area (Å²) >= 11 is 0. The molecule has 0 saturated heterocycles. The summed E-state index contributed by atoms with van der Waals surface area (Å²) in [5, 5.41) is 12.5. The Bertz CT molecular complexity index is 673. The molecule has 0 spiro atoms. The minimum atomic E-state index is -4.00. The lowest BCUT2D eigenvalue weighted by Crippen LogP contribution is -2.27. The zero-order chi connectivity index (χ0) is 14.6. The van der Waals surface area contributed by atoms with Gasteiger partial charge < -0.3 is 9.63 Å². The van der Waals surface area contributed by atoms with Gasteiger partial charge in [-0.05, 0) is 17.7 Å². The fraction of sp³-hybridized carbons (Fsp3) is 0.273. The van der Waals surface area contributed by atoms with Gasteiger partial charge in [-0.25, -0.2) is 17.5 Å². The second-order valence-corrected chi connectivity index (χ2v) is 5.65. The minimum Gasteiger partial charge on any atom is -0.392 e. The summed E-state index contributed by atoms with van der Waals surface area (Å²) in [7, 11) is -4.00. The summed E-state index contributed by atoms with van der Waals surface area (Å²) in [4.78, 5) is 3.23. The molecule has 1 aromatic heterocycles. The maximum absolute atomic E-state index is 13.6. The van der Waals surface area contributed by atoms with E-state index in [2.05, 4.69) is 19.4 Å². The highest BCUT2D eigenvalue weighted by atomic mass is 32.2. The van der Waals surface area contributed by atoms with E-state index in [1.165, 1.54) is 6.07 Å². The van der Waals surface area contributed by atoms with Crippen molar-refractivity contribution in [2.45, 2.75) is 17.9 Å². The molecule has 9 heteroatoms. The Hall–Kier alpha value is -1.84. The fourth-order valence-corrected chi connectivity index (χ4v) is 2.69. The Morgan fingerprint density at radius 2 is 2.20 bits per heavy atom. The summed E-state index contributed by atoms with van der Waals surface area (Å²) in [5.41, 5.74) is 0.310. The van der Waals surface area contributed by atoms with Gasteiger partial charge in [-0.15, -0.1) is 0 Å². The van der Waals surface area contributed by atoms with Crippen LogP contribution < -0.4 is 4.72 Å². The lowest BCUT2D eigenvalue weighted by molar-refractivity contribution is 0.281. The molecule has 2 aromatic rings. The van der Waals surface area contributed by atoms with Crippen LogP contribution >= 0.6 is 0 Å². The van der Waals surface area contributed by atoms with Crippen LogP contribution in [0, 0.1) is 5.82 Å². The van der Waals surface area contributed by atoms with E-state index in [0.29, 0.717) is 11.4 Å². The predicted molar refractivity (Wildman–Crippen MR) is 65.5 cm³/mol. The van der Waals surface area contributed by atoms with Gasteiger partial charge in [0.2, 0.25) is 16.4 Å². The van der Waals surface area contributed by atoms with E-state index >= 15 is 0 Å². The third-order valence-electron chi connectivity index (χ3n) is 2.52. The minimum absolute atomic E-state index is 0.00462. The third-order valence-corrected chi connectivity index (χ3v) is 3.99. The topological polar surface area (TPSA) is 105 Å². The van der Waals surface area contributed by atoms with Crippen molar-refractivity contribution in [3.8, 4) is 0 Å². The van der Waals surface area contributed by atoms with Crippen LogP contribution in [0.4, 0.5) is 4.39 Å². The molecule has 7 nitrogen and oxygen atoms in total. The molecule has 1 aromatic carbocycles. The van der Waals surface area contributed by atoms with Crippen LogP contribution in [0.1, 0.15) is 11.4 Å². The summed E-state index contributed by atoms with van der Waals surface area (Å²) in [6.07, 6.45) is 1.35. The van der Waals surface area contributed by atoms with Gasteiger partial charge in [0.05, 0.1) is 6.61 Å². The van der Waals surface area contributed by atoms with Crippen molar-refractivity contribution in [1.82, 2.24) is 14.9 Å². The molecule has 2 N–H and O–H groups in total. The number of hydrogen-bond acceptors (Lipinski definition) is 6. The monoisotopic (exact) mass is 301 g/mol. The average molecular weight is 301 g/mol. The lowest BCUT2D eigenvalue weighted by atomic mass is 10.2. The molecule has 0 bridgehead atoms. The van der Waals surface area contributed by atoms with E-state index in [9.17, 15) is 12.8 Å². The first-order chi connectivity index (χ1) is 9.53. The molecule has 0 aliphatic rings. The number of benzene rings is 1. The predicted octanol–water partition coefficient (Wildman–Crippen LogP) is 0.222. The van der Waals surface area contributed by atoms with Gasteiger partial charge in [-0.2, -0.15) is 4.98 Å². The Labute approximate surface area is 114 Å². The quantitative estimate of drug-likeness (QED) is 0.791. The molecule has 0 aliphatic carbocycles. The number of nitrogens with zero attached hydrogens (tertiary/aromatic N) is 2. The molecular weight excluding hydrogens is 289 g/mol. The molecule has 20 heavy (non-hydrogen) atoms. The van der Waals surface area contributed by atoms with Crippen molar-refractivity contribution in [2.75, 3.05) is 6.54 Å². The highest BCUT2D eigenvalue weighted by Gasteiger charge is 2.19. The SMILES string of the molecule is O=S(=O)(NCCc1ncon1)c1cc(CO)ccc1F. The Kier molecular flexibility index (Phi) is 4.42. The molecule has 0 saturated carbocycles. The average Bonchev–Trinajstić information content (AvgIpc) is 2.92. The van der Waals surface area contributed by atoms with Crippen LogP contribution in [0.2, 0.25) is 0 Å². The molecule has 0 aliphatic heterocycles. The largest absolute Gasteiger partial charge is 0.392 e. The first kappa shape index (κ1) is 14.6. The van der Waals surface area contributed by atoms with E-state index in [4.69, 9.17) is 5.11 Å². The van der Waals surface area contributed by atoms with E-state index in [1.807, 2.05) is 0 Å². The molecule has 108 valence electrons. The number of rotatable bonds is 6. The fourth-order valence-electron chi connectivity index (χ4n) is 1.53. The van der Waals surface area contributed by atoms with Crippen molar-refractivity contribution in [3.63, 3.8) is 0 Å². The summed E-state index contributed by atoms with van der Waals surface area (Å²) in [5.74, 6) is -0.536. The number of hydrogen-bond donors (Lipinski definition) is 2. The van der Waals surface area contributed by atoms with Crippen LogP contribution in [-0.4, -0.2) is 30.2 Å². The molecule has 0 atom stereocenters. The van der Waals surface area contributed by atoms with Crippen molar-refractivity contribution in [3.05, 3.63) is 41.8 Å². The molecule has 1 heterocycles. The number of aromatic nitrogens is 2. The molecule has 2 rings (SSSR count). The second kappa shape index (κ2) is 6.07. The van der Waals surface area contributed by atoms with Crippen LogP contribution in [0.25, 0.3) is 0 Å². The standard InChI is InChI=1S/C11H12FN3O4S/c12-9-2-1-8(6-16)5-10(9)20(17,18)14-4-3-11-13-7-19-15-11/h1-2,5,7,14,16H,3-4,6H2. The number of sulfonamides is 1. The van der Waals surface area contributed by atoms with Gasteiger partial charge in [-0.3, -0.25) is 0 Å². The van der Waals surface area contributed by atoms with Crippen LogP contribution in [-0.2, 0) is 23.1 Å². The van der Waals surface area contributed by atoms with Crippen molar-refractivity contribution >= 4 is 10.0 Å². The summed E-state index contributed by atoms with van der Waals surface area (Å²) < 4.78 is 44.2. The lowest BCUT2D eigenvalue weighted by Gasteiger charge is -2.08. The van der Waals surface area contributed by atoms with Gasteiger partial charge in [0.25, 0.3) is 0 Å². The summed E-state index contributed by atoms with van der Waals surface area (Å²) in [6, 6.07) is 3.40. The normalized spacial score (nSPS) is 11.7. The van der Waals surface area contributed by atoms with Crippen LogP contribution in [0.5, 0.6) is 0 Å². The number of aliphatic hydroxyl groups excluding tert-OH is 1. The number of halogens is 1. The highest BCUT2D eigenvalue weighted by Crippen LogP contribution is 2.16. The van der Waals surface area contributed by atoms with Crippen LogP contribution in [0.15, 0.2) is 34.0 Å². The zero-order valence-electron chi connectivity index (χ0n) is 10.3. The van der Waals surface area contributed by atoms with Gasteiger partial charge >= 0.3 is 0 Å². The smallest absolute Gasteiger partial charge is 0.243 e. The Balaban J connectivity index is 2.09. The van der Waals surface area contributed by atoms with Crippen molar-refractivity contribution < 1.29 is 22.4 Å². The highest BCUT2D eigenvalue weighted by molar-refractivity contribution is 7.89. The van der Waals surface area contributed by atoms with Gasteiger partial charge in [0.15, 0.2) is 5.82 Å². The molecule has 0 unspecified atom stereocenters. The number of nitrogens with one attached hydrogen (secondary N) is 1. The van der Waals surface area contributed by atoms with E-state index < -0.39 is 20.7 Å². The number of aliphatic hydroxyl groups is 1. The first-order valence-corrected chi connectivity index (χ1v) is 7.15. The van der Waals surface area contributed by atoms with E-state index in [-0.39, 0.29) is 19.6 Å². The Morgan fingerprint density at radius 1 is 1.40 bits per heavy atom. The van der Waals surface area contributed by atoms with Crippen LogP contribution in [0.3, 0.4) is 0 Å². The molecule has 0 fully saturated rings. The molecule has 0 amide bonds. The third kappa shape index (κ3) is 3.38. The van der Waals surface area contributed by atoms with Crippen molar-refractivity contribution in [2.24, 2.45) is 0 Å². The van der Waals surface area contributed by atoms with Gasteiger partial charge in [-0.1, -0.05) is 11.2 Å². The maximum atomic E-state index is 13.6. The molecule has 0 radical (unpaired) electrons. The van der Waals surface area contributed by atoms with E-state index in [1.54, 1.807) is 0 Å². The van der Waals surface area contributed by atoms with Gasteiger partial charge in [0, 0.05) is 13.0 Å². The van der Waals surface area contributed by atoms with E-state index in [0.717, 1.165) is 18.5 Å². The zero-order valence-corrected chi connectivity index (χ0v) is 11.1.